The van der Waals surface area contributed by atoms with E-state index in [0.29, 0.717) is 11.4 Å². The number of hydrogen-bond donors (Lipinski definition) is 0. The van der Waals surface area contributed by atoms with Crippen molar-refractivity contribution < 1.29 is 9.53 Å². The number of ether oxygens (including phenoxy) is 1. The van der Waals surface area contributed by atoms with Gasteiger partial charge < -0.3 is 4.74 Å². The van der Waals surface area contributed by atoms with E-state index in [4.69, 9.17) is 4.74 Å². The smallest absolute Gasteiger partial charge is 0.344 e. The molecule has 0 radical (unpaired) electrons. The zero-order valence-electron chi connectivity index (χ0n) is 16.2. The summed E-state index contributed by atoms with van der Waals surface area (Å²) in [5.41, 5.74) is 3.23. The van der Waals surface area contributed by atoms with E-state index in [9.17, 15) is 4.79 Å². The van der Waals surface area contributed by atoms with Crippen LogP contribution in [0.3, 0.4) is 0 Å². The number of nitrogens with zero attached hydrogens (tertiary/aromatic N) is 2. The molecule has 0 unspecified atom stereocenters. The van der Waals surface area contributed by atoms with Gasteiger partial charge in [-0.1, -0.05) is 65.9 Å². The van der Waals surface area contributed by atoms with Gasteiger partial charge in [0.2, 0.25) is 5.88 Å². The first-order chi connectivity index (χ1) is 14.1. The van der Waals surface area contributed by atoms with Crippen molar-refractivity contribution in [3.63, 3.8) is 0 Å². The summed E-state index contributed by atoms with van der Waals surface area (Å²) in [6.07, 6.45) is 0. The van der Waals surface area contributed by atoms with Crippen LogP contribution in [0.15, 0.2) is 94.7 Å². The Kier molecular flexibility index (Phi) is 5.49. The molecule has 1 aromatic heterocycles. The van der Waals surface area contributed by atoms with Crippen LogP contribution in [-0.4, -0.2) is 15.7 Å². The molecule has 0 spiro atoms. The van der Waals surface area contributed by atoms with E-state index in [1.54, 1.807) is 16.8 Å². The summed E-state index contributed by atoms with van der Waals surface area (Å²) in [7, 11) is 0. The van der Waals surface area contributed by atoms with Crippen molar-refractivity contribution in [3.05, 3.63) is 102 Å². The predicted molar refractivity (Wildman–Crippen MR) is 115 cm³/mol. The molecule has 144 valence electrons. The average molecular weight is 401 g/mol. The molecule has 4 rings (SSSR count). The second-order valence-electron chi connectivity index (χ2n) is 6.64. The molecule has 0 saturated heterocycles. The Hall–Kier alpha value is -3.31. The zero-order chi connectivity index (χ0) is 20.2. The lowest BCUT2D eigenvalue weighted by atomic mass is 10.1. The van der Waals surface area contributed by atoms with Crippen molar-refractivity contribution in [1.82, 2.24) is 9.78 Å². The lowest BCUT2D eigenvalue weighted by Crippen LogP contribution is -2.12. The van der Waals surface area contributed by atoms with E-state index in [0.717, 1.165) is 26.7 Å². The molecule has 0 aliphatic rings. The molecule has 29 heavy (non-hydrogen) atoms. The van der Waals surface area contributed by atoms with Crippen LogP contribution in [-0.2, 0) is 0 Å². The largest absolute Gasteiger partial charge is 0.402 e. The molecule has 0 saturated carbocycles. The first-order valence-electron chi connectivity index (χ1n) is 9.28. The molecule has 3 aromatic carbocycles. The molecule has 0 bridgehead atoms. The molecule has 4 nitrogen and oxygen atoms in total. The van der Waals surface area contributed by atoms with Gasteiger partial charge in [-0.2, -0.15) is 9.78 Å². The monoisotopic (exact) mass is 400 g/mol. The minimum absolute atomic E-state index is 0.406. The SMILES string of the molecule is Cc1ccc(C(=O)Oc2c(Sc3ccccc3)c(C)nn2-c2ccccc2)cc1. The van der Waals surface area contributed by atoms with Crippen LogP contribution in [0, 0.1) is 13.8 Å². The number of aromatic nitrogens is 2. The van der Waals surface area contributed by atoms with Gasteiger partial charge in [-0.05, 0) is 50.2 Å². The van der Waals surface area contributed by atoms with Crippen molar-refractivity contribution in [2.75, 3.05) is 0 Å². The van der Waals surface area contributed by atoms with E-state index < -0.39 is 5.97 Å². The fraction of sp³-hybridized carbons (Fsp3) is 0.0833. The van der Waals surface area contributed by atoms with Crippen molar-refractivity contribution >= 4 is 17.7 Å². The Morgan fingerprint density at radius 2 is 1.48 bits per heavy atom. The van der Waals surface area contributed by atoms with Crippen LogP contribution in [0.25, 0.3) is 5.69 Å². The summed E-state index contributed by atoms with van der Waals surface area (Å²) in [4.78, 5) is 14.7. The average Bonchev–Trinajstić information content (AvgIpc) is 3.05. The second-order valence-corrected chi connectivity index (χ2v) is 7.72. The van der Waals surface area contributed by atoms with Gasteiger partial charge in [0.1, 0.15) is 0 Å². The van der Waals surface area contributed by atoms with Gasteiger partial charge in [0.25, 0.3) is 0 Å². The van der Waals surface area contributed by atoms with Crippen molar-refractivity contribution in [1.29, 1.82) is 0 Å². The highest BCUT2D eigenvalue weighted by atomic mass is 32.2. The van der Waals surface area contributed by atoms with E-state index >= 15 is 0 Å². The molecule has 0 atom stereocenters. The molecule has 5 heteroatoms. The minimum atomic E-state index is -0.406. The quantitative estimate of drug-likeness (QED) is 0.394. The first-order valence-corrected chi connectivity index (χ1v) is 10.1. The summed E-state index contributed by atoms with van der Waals surface area (Å²) < 4.78 is 7.58. The molecule has 0 amide bonds. The number of hydrogen-bond acceptors (Lipinski definition) is 4. The summed E-state index contributed by atoms with van der Waals surface area (Å²) in [5, 5.41) is 4.66. The molecule has 1 heterocycles. The molecule has 0 N–H and O–H groups in total. The van der Waals surface area contributed by atoms with E-state index in [1.807, 2.05) is 86.6 Å². The summed E-state index contributed by atoms with van der Waals surface area (Å²) in [5.74, 6) is 0.0186. The Morgan fingerprint density at radius 1 is 0.862 bits per heavy atom. The number of benzene rings is 3. The van der Waals surface area contributed by atoms with Crippen molar-refractivity contribution in [3.8, 4) is 11.6 Å². The summed E-state index contributed by atoms with van der Waals surface area (Å²) in [6, 6.07) is 27.0. The highest BCUT2D eigenvalue weighted by molar-refractivity contribution is 7.99. The van der Waals surface area contributed by atoms with E-state index in [-0.39, 0.29) is 0 Å². The fourth-order valence-corrected chi connectivity index (χ4v) is 3.82. The third-order valence-corrected chi connectivity index (χ3v) is 5.59. The second kappa shape index (κ2) is 8.37. The molecule has 0 aliphatic heterocycles. The lowest BCUT2D eigenvalue weighted by Gasteiger charge is -2.10. The minimum Gasteiger partial charge on any atom is -0.402 e. The maximum atomic E-state index is 12.9. The summed E-state index contributed by atoms with van der Waals surface area (Å²) in [6.45, 7) is 3.91. The van der Waals surface area contributed by atoms with Crippen LogP contribution in [0.4, 0.5) is 0 Å². The normalized spacial score (nSPS) is 10.7. The van der Waals surface area contributed by atoms with Crippen molar-refractivity contribution in [2.24, 2.45) is 0 Å². The van der Waals surface area contributed by atoms with Crippen LogP contribution in [0.5, 0.6) is 5.88 Å². The van der Waals surface area contributed by atoms with Gasteiger partial charge in [0.15, 0.2) is 0 Å². The molecule has 0 fully saturated rings. The van der Waals surface area contributed by atoms with Gasteiger partial charge in [-0.15, -0.1) is 0 Å². The fourth-order valence-electron chi connectivity index (χ4n) is 2.89. The number of para-hydroxylation sites is 1. The van der Waals surface area contributed by atoms with E-state index in [2.05, 4.69) is 5.10 Å². The topological polar surface area (TPSA) is 44.1 Å². The van der Waals surface area contributed by atoms with E-state index in [1.165, 1.54) is 11.8 Å². The lowest BCUT2D eigenvalue weighted by molar-refractivity contribution is 0.0718. The number of carbonyl (C=O) groups is 1. The van der Waals surface area contributed by atoms with Crippen LogP contribution >= 0.6 is 11.8 Å². The number of aryl methyl sites for hydroxylation is 2. The van der Waals surface area contributed by atoms with Gasteiger partial charge in [-0.25, -0.2) is 4.79 Å². The number of esters is 1. The van der Waals surface area contributed by atoms with Gasteiger partial charge in [0.05, 0.1) is 21.8 Å². The van der Waals surface area contributed by atoms with Crippen LogP contribution < -0.4 is 4.74 Å². The molecule has 4 aromatic rings. The maximum absolute atomic E-state index is 12.9. The third kappa shape index (κ3) is 4.25. The zero-order valence-corrected chi connectivity index (χ0v) is 17.0. The Bertz CT molecular complexity index is 1120. The predicted octanol–water partition coefficient (Wildman–Crippen LogP) is 5.86. The highest BCUT2D eigenvalue weighted by Gasteiger charge is 2.22. The number of rotatable bonds is 5. The van der Waals surface area contributed by atoms with Crippen LogP contribution in [0.1, 0.15) is 21.6 Å². The molecule has 0 aliphatic carbocycles. The highest BCUT2D eigenvalue weighted by Crippen LogP contribution is 2.39. The Morgan fingerprint density at radius 3 is 2.14 bits per heavy atom. The number of carbonyl (C=O) groups excluding carboxylic acids is 1. The first kappa shape index (κ1) is 19.0. The molecular formula is C24H20N2O2S. The van der Waals surface area contributed by atoms with Gasteiger partial charge in [-0.3, -0.25) is 0 Å². The Balaban J connectivity index is 1.76. The Labute approximate surface area is 174 Å². The van der Waals surface area contributed by atoms with Gasteiger partial charge >= 0.3 is 5.97 Å². The maximum Gasteiger partial charge on any atom is 0.344 e. The van der Waals surface area contributed by atoms with Crippen LogP contribution in [0.2, 0.25) is 0 Å². The molecular weight excluding hydrogens is 380 g/mol. The third-order valence-electron chi connectivity index (χ3n) is 4.41. The van der Waals surface area contributed by atoms with Gasteiger partial charge in [0, 0.05) is 4.90 Å². The van der Waals surface area contributed by atoms with Crippen molar-refractivity contribution in [2.45, 2.75) is 23.6 Å². The standard InChI is InChI=1S/C24H20N2O2S/c1-17-13-15-19(16-14-17)24(27)28-23-22(29-21-11-7-4-8-12-21)18(2)25-26(23)20-9-5-3-6-10-20/h3-16H,1-2H3. The summed E-state index contributed by atoms with van der Waals surface area (Å²) >= 11 is 1.54.